The van der Waals surface area contributed by atoms with E-state index in [1.54, 1.807) is 6.07 Å². The molecular weight excluding hydrogens is 405 g/mol. The van der Waals surface area contributed by atoms with Crippen LogP contribution >= 0.6 is 34.2 Å². The van der Waals surface area contributed by atoms with Crippen molar-refractivity contribution in [2.75, 3.05) is 5.32 Å². The third-order valence-corrected chi connectivity index (χ3v) is 5.02. The monoisotopic (exact) mass is 421 g/mol. The van der Waals surface area contributed by atoms with Crippen LogP contribution in [0.5, 0.6) is 0 Å². The van der Waals surface area contributed by atoms with Crippen LogP contribution < -0.4 is 10.6 Å². The summed E-state index contributed by atoms with van der Waals surface area (Å²) in [5.74, 6) is 0.326. The molecule has 0 unspecified atom stereocenters. The summed E-state index contributed by atoms with van der Waals surface area (Å²) < 4.78 is 0.847. The molecule has 114 valence electrons. The molecule has 5 nitrogen and oxygen atoms in total. The van der Waals surface area contributed by atoms with Crippen LogP contribution in [0.4, 0.5) is 5.82 Å². The van der Waals surface area contributed by atoms with E-state index in [0.29, 0.717) is 17.3 Å². The Hall–Kier alpha value is -0.890. The molecule has 1 aromatic heterocycles. The minimum atomic E-state index is -0.0919. The molecular formula is C14H17ClIN3O2. The van der Waals surface area contributed by atoms with Crippen LogP contribution in [0.15, 0.2) is 12.3 Å². The Morgan fingerprint density at radius 3 is 2.86 bits per heavy atom. The highest BCUT2D eigenvalue weighted by Gasteiger charge is 2.27. The van der Waals surface area contributed by atoms with Crippen molar-refractivity contribution < 1.29 is 9.59 Å². The van der Waals surface area contributed by atoms with Gasteiger partial charge in [0, 0.05) is 28.7 Å². The SMILES string of the molecule is CC(=O)N[C@H]1CCC[C@@H](C(=O)Nc2cc(I)c(Cl)cn2)C1. The molecule has 0 aromatic carbocycles. The summed E-state index contributed by atoms with van der Waals surface area (Å²) in [6, 6.07) is 1.83. The van der Waals surface area contributed by atoms with Crippen molar-refractivity contribution in [2.45, 2.75) is 38.6 Å². The molecule has 1 aliphatic rings. The molecule has 2 rings (SSSR count). The van der Waals surface area contributed by atoms with Crippen molar-refractivity contribution >= 4 is 51.8 Å². The lowest BCUT2D eigenvalue weighted by molar-refractivity contribution is -0.123. The maximum Gasteiger partial charge on any atom is 0.228 e. The zero-order valence-corrected chi connectivity index (χ0v) is 14.6. The van der Waals surface area contributed by atoms with Gasteiger partial charge in [0.05, 0.1) is 5.02 Å². The number of anilines is 1. The number of halogens is 2. The molecule has 0 bridgehead atoms. The smallest absolute Gasteiger partial charge is 0.228 e. The molecule has 1 fully saturated rings. The Bertz CT molecular complexity index is 553. The van der Waals surface area contributed by atoms with E-state index in [1.807, 2.05) is 0 Å². The fourth-order valence-corrected chi connectivity index (χ4v) is 3.09. The molecule has 2 amide bonds. The number of hydrogen-bond donors (Lipinski definition) is 2. The summed E-state index contributed by atoms with van der Waals surface area (Å²) in [5, 5.41) is 6.29. The lowest BCUT2D eigenvalue weighted by Gasteiger charge is -2.28. The van der Waals surface area contributed by atoms with E-state index in [0.717, 1.165) is 22.8 Å². The van der Waals surface area contributed by atoms with Gasteiger partial charge in [0.2, 0.25) is 11.8 Å². The zero-order valence-electron chi connectivity index (χ0n) is 11.7. The molecule has 2 N–H and O–H groups in total. The number of rotatable bonds is 3. The van der Waals surface area contributed by atoms with Gasteiger partial charge in [-0.05, 0) is 47.9 Å². The largest absolute Gasteiger partial charge is 0.354 e. The van der Waals surface area contributed by atoms with Crippen LogP contribution in [0, 0.1) is 9.49 Å². The van der Waals surface area contributed by atoms with Crippen LogP contribution in [-0.4, -0.2) is 22.8 Å². The molecule has 0 radical (unpaired) electrons. The molecule has 1 aliphatic carbocycles. The van der Waals surface area contributed by atoms with Gasteiger partial charge in [-0.25, -0.2) is 4.98 Å². The maximum absolute atomic E-state index is 12.3. The molecule has 21 heavy (non-hydrogen) atoms. The average Bonchev–Trinajstić information content (AvgIpc) is 2.42. The van der Waals surface area contributed by atoms with Crippen LogP contribution in [0.25, 0.3) is 0 Å². The second kappa shape index (κ2) is 7.40. The molecule has 0 spiro atoms. The number of hydrogen-bond acceptors (Lipinski definition) is 3. The Morgan fingerprint density at radius 1 is 1.43 bits per heavy atom. The fraction of sp³-hybridized carbons (Fsp3) is 0.500. The minimum absolute atomic E-state index is 0.0457. The Morgan fingerprint density at radius 2 is 2.19 bits per heavy atom. The van der Waals surface area contributed by atoms with E-state index in [-0.39, 0.29) is 23.8 Å². The normalized spacial score (nSPS) is 21.7. The van der Waals surface area contributed by atoms with E-state index in [2.05, 4.69) is 38.2 Å². The second-order valence-electron chi connectivity index (χ2n) is 5.23. The van der Waals surface area contributed by atoms with Crippen molar-refractivity contribution in [1.82, 2.24) is 10.3 Å². The van der Waals surface area contributed by atoms with Crippen molar-refractivity contribution in [3.05, 3.63) is 20.9 Å². The summed E-state index contributed by atoms with van der Waals surface area (Å²) in [7, 11) is 0. The lowest BCUT2D eigenvalue weighted by Crippen LogP contribution is -2.40. The first-order chi connectivity index (χ1) is 9.95. The van der Waals surface area contributed by atoms with Gasteiger partial charge in [0.1, 0.15) is 5.82 Å². The number of amides is 2. The number of pyridine rings is 1. The average molecular weight is 422 g/mol. The molecule has 1 saturated carbocycles. The number of nitrogens with one attached hydrogen (secondary N) is 2. The summed E-state index contributed by atoms with van der Waals surface area (Å²) in [6.07, 6.45) is 4.91. The van der Waals surface area contributed by atoms with Crippen LogP contribution in [0.2, 0.25) is 5.02 Å². The molecule has 1 aromatic rings. The highest BCUT2D eigenvalue weighted by Crippen LogP contribution is 2.26. The number of carbonyl (C=O) groups is 2. The zero-order chi connectivity index (χ0) is 15.4. The fourth-order valence-electron chi connectivity index (χ4n) is 2.56. The van der Waals surface area contributed by atoms with Crippen LogP contribution in [0.1, 0.15) is 32.6 Å². The Labute approximate surface area is 142 Å². The first kappa shape index (κ1) is 16.5. The summed E-state index contributed by atoms with van der Waals surface area (Å²) in [6.45, 7) is 1.50. The summed E-state index contributed by atoms with van der Waals surface area (Å²) >= 11 is 8.01. The maximum atomic E-state index is 12.3. The van der Waals surface area contributed by atoms with Crippen molar-refractivity contribution in [3.63, 3.8) is 0 Å². The number of aromatic nitrogens is 1. The van der Waals surface area contributed by atoms with E-state index >= 15 is 0 Å². The summed E-state index contributed by atoms with van der Waals surface area (Å²) in [4.78, 5) is 27.5. The van der Waals surface area contributed by atoms with E-state index in [9.17, 15) is 9.59 Å². The van der Waals surface area contributed by atoms with Gasteiger partial charge >= 0.3 is 0 Å². The molecule has 0 aliphatic heterocycles. The highest BCUT2D eigenvalue weighted by molar-refractivity contribution is 14.1. The lowest BCUT2D eigenvalue weighted by atomic mass is 9.85. The number of carbonyl (C=O) groups excluding carboxylic acids is 2. The molecule has 2 atom stereocenters. The van der Waals surface area contributed by atoms with Crippen molar-refractivity contribution in [3.8, 4) is 0 Å². The van der Waals surface area contributed by atoms with Gasteiger partial charge in [0.25, 0.3) is 0 Å². The second-order valence-corrected chi connectivity index (χ2v) is 6.80. The first-order valence-corrected chi connectivity index (χ1v) is 8.30. The van der Waals surface area contributed by atoms with E-state index in [4.69, 9.17) is 11.6 Å². The quantitative estimate of drug-likeness (QED) is 0.737. The van der Waals surface area contributed by atoms with Crippen molar-refractivity contribution in [2.24, 2.45) is 5.92 Å². The Balaban J connectivity index is 1.96. The highest BCUT2D eigenvalue weighted by atomic mass is 127. The predicted molar refractivity (Wildman–Crippen MR) is 90.2 cm³/mol. The molecule has 0 saturated heterocycles. The Kier molecular flexibility index (Phi) is 5.80. The summed E-state index contributed by atoms with van der Waals surface area (Å²) in [5.41, 5.74) is 0. The van der Waals surface area contributed by atoms with Gasteiger partial charge in [-0.2, -0.15) is 0 Å². The topological polar surface area (TPSA) is 71.1 Å². The number of nitrogens with zero attached hydrogens (tertiary/aromatic N) is 1. The first-order valence-electron chi connectivity index (χ1n) is 6.84. The third kappa shape index (κ3) is 4.81. The predicted octanol–water partition coefficient (Wildman–Crippen LogP) is 2.97. The van der Waals surface area contributed by atoms with Gasteiger partial charge < -0.3 is 10.6 Å². The van der Waals surface area contributed by atoms with Crippen LogP contribution in [-0.2, 0) is 9.59 Å². The van der Waals surface area contributed by atoms with Gasteiger partial charge in [-0.3, -0.25) is 9.59 Å². The van der Waals surface area contributed by atoms with Crippen LogP contribution in [0.3, 0.4) is 0 Å². The van der Waals surface area contributed by atoms with E-state index < -0.39 is 0 Å². The van der Waals surface area contributed by atoms with Gasteiger partial charge in [0.15, 0.2) is 0 Å². The molecule has 1 heterocycles. The van der Waals surface area contributed by atoms with Gasteiger partial charge in [-0.15, -0.1) is 0 Å². The van der Waals surface area contributed by atoms with Gasteiger partial charge in [-0.1, -0.05) is 18.0 Å². The standard InChI is InChI=1S/C14H17ClIN3O2/c1-8(20)18-10-4-2-3-9(5-10)14(21)19-13-6-12(16)11(15)7-17-13/h6-7,9-10H,2-5H2,1H3,(H,18,20)(H,17,19,21)/t9-,10+/m1/s1. The van der Waals surface area contributed by atoms with Crippen molar-refractivity contribution in [1.29, 1.82) is 0 Å². The minimum Gasteiger partial charge on any atom is -0.354 e. The third-order valence-electron chi connectivity index (χ3n) is 3.51. The van der Waals surface area contributed by atoms with E-state index in [1.165, 1.54) is 13.1 Å². The molecule has 7 heteroatoms.